The van der Waals surface area contributed by atoms with Gasteiger partial charge in [-0.15, -0.1) is 0 Å². The zero-order valence-corrected chi connectivity index (χ0v) is 26.2. The van der Waals surface area contributed by atoms with Crippen molar-refractivity contribution in [3.63, 3.8) is 0 Å². The van der Waals surface area contributed by atoms with Crippen molar-refractivity contribution < 1.29 is 29.0 Å². The molecule has 4 aromatic carbocycles. The number of benzene rings is 4. The Balaban J connectivity index is 1.09. The molecule has 2 amide bonds. The second-order valence-electron chi connectivity index (χ2n) is 10.6. The third-order valence-corrected chi connectivity index (χ3v) is 8.38. The molecule has 11 heteroatoms. The van der Waals surface area contributed by atoms with Crippen LogP contribution >= 0.6 is 34.8 Å². The minimum atomic E-state index is -1.11. The van der Waals surface area contributed by atoms with Crippen molar-refractivity contribution in [2.75, 3.05) is 5.32 Å². The van der Waals surface area contributed by atoms with Crippen molar-refractivity contribution in [1.29, 1.82) is 0 Å². The van der Waals surface area contributed by atoms with Gasteiger partial charge in [0.25, 0.3) is 5.91 Å². The van der Waals surface area contributed by atoms with Gasteiger partial charge in [-0.1, -0.05) is 59.1 Å². The second-order valence-corrected chi connectivity index (χ2v) is 11.8. The molecule has 0 aliphatic heterocycles. The molecule has 45 heavy (non-hydrogen) atoms. The van der Waals surface area contributed by atoms with Crippen LogP contribution in [0.15, 0.2) is 84.9 Å². The van der Waals surface area contributed by atoms with E-state index in [1.165, 1.54) is 6.07 Å². The topological polar surface area (TPSA) is 114 Å². The Morgan fingerprint density at radius 1 is 0.778 bits per heavy atom. The Morgan fingerprint density at radius 2 is 1.49 bits per heavy atom. The van der Waals surface area contributed by atoms with E-state index in [-0.39, 0.29) is 41.6 Å². The third-order valence-electron chi connectivity index (χ3n) is 7.34. The first-order chi connectivity index (χ1) is 21.6. The number of anilines is 1. The van der Waals surface area contributed by atoms with Gasteiger partial charge in [-0.25, -0.2) is 4.79 Å². The average Bonchev–Trinajstić information content (AvgIpc) is 3.02. The van der Waals surface area contributed by atoms with Crippen molar-refractivity contribution >= 4 is 58.3 Å². The quantitative estimate of drug-likeness (QED) is 0.156. The molecule has 0 unspecified atom stereocenters. The molecule has 4 aromatic rings. The Morgan fingerprint density at radius 3 is 2.18 bits per heavy atom. The number of carboxylic acids is 1. The zero-order chi connectivity index (χ0) is 31.9. The summed E-state index contributed by atoms with van der Waals surface area (Å²) in [6.45, 7) is 0. The maximum atomic E-state index is 12.6. The van der Waals surface area contributed by atoms with E-state index in [4.69, 9.17) is 44.3 Å². The first-order valence-corrected chi connectivity index (χ1v) is 15.4. The molecule has 0 heterocycles. The van der Waals surface area contributed by atoms with Crippen LogP contribution in [0.2, 0.25) is 15.1 Å². The van der Waals surface area contributed by atoms with E-state index in [1.807, 2.05) is 0 Å². The highest BCUT2D eigenvalue weighted by molar-refractivity contribution is 6.42. The number of para-hydroxylation sites is 1. The molecule has 3 N–H and O–H groups in total. The van der Waals surface area contributed by atoms with Crippen LogP contribution < -0.4 is 20.1 Å². The van der Waals surface area contributed by atoms with Gasteiger partial charge in [-0.3, -0.25) is 9.59 Å². The van der Waals surface area contributed by atoms with E-state index in [1.54, 1.807) is 78.9 Å². The molecule has 8 nitrogen and oxygen atoms in total. The largest absolute Gasteiger partial charge is 0.489 e. The maximum Gasteiger partial charge on any atom is 0.337 e. The van der Waals surface area contributed by atoms with Gasteiger partial charge in [0.1, 0.15) is 17.2 Å². The Kier molecular flexibility index (Phi) is 10.5. The predicted octanol–water partition coefficient (Wildman–Crippen LogP) is 8.44. The van der Waals surface area contributed by atoms with Gasteiger partial charge in [0.15, 0.2) is 0 Å². The normalized spacial score (nSPS) is 16.0. The zero-order valence-electron chi connectivity index (χ0n) is 23.9. The van der Waals surface area contributed by atoms with E-state index in [0.717, 1.165) is 31.2 Å². The number of ether oxygens (including phenoxy) is 2. The van der Waals surface area contributed by atoms with Gasteiger partial charge in [-0.05, 0) is 85.8 Å². The average molecular weight is 668 g/mol. The number of carbonyl (C=O) groups is 3. The fourth-order valence-electron chi connectivity index (χ4n) is 5.02. The minimum Gasteiger partial charge on any atom is -0.489 e. The summed E-state index contributed by atoms with van der Waals surface area (Å²) < 4.78 is 12.1. The number of rotatable bonds is 10. The van der Waals surface area contributed by atoms with Gasteiger partial charge in [0.2, 0.25) is 5.91 Å². The van der Waals surface area contributed by atoms with E-state index >= 15 is 0 Å². The molecule has 0 bridgehead atoms. The molecule has 0 spiro atoms. The van der Waals surface area contributed by atoms with Crippen LogP contribution in [0.25, 0.3) is 0 Å². The summed E-state index contributed by atoms with van der Waals surface area (Å²) in [5.74, 6) is 0.00715. The SMILES string of the molecule is O=C(Cc1ccc(Oc2ccc(OC3CCC(NC(=O)c4ccc(Cl)c(Cl)c4)CC3)c(Cl)c2)cc1)Nc1ccccc1C(=O)O. The molecule has 0 aromatic heterocycles. The summed E-state index contributed by atoms with van der Waals surface area (Å²) in [7, 11) is 0. The van der Waals surface area contributed by atoms with Crippen LogP contribution in [0.5, 0.6) is 17.2 Å². The summed E-state index contributed by atoms with van der Waals surface area (Å²) in [6, 6.07) is 23.3. The van der Waals surface area contributed by atoms with Crippen LogP contribution in [0.4, 0.5) is 5.69 Å². The van der Waals surface area contributed by atoms with Crippen LogP contribution in [0.1, 0.15) is 52.0 Å². The van der Waals surface area contributed by atoms with Crippen LogP contribution in [0, 0.1) is 0 Å². The highest BCUT2D eigenvalue weighted by Gasteiger charge is 2.25. The van der Waals surface area contributed by atoms with Crippen molar-refractivity contribution in [2.24, 2.45) is 0 Å². The summed E-state index contributed by atoms with van der Waals surface area (Å²) >= 11 is 18.5. The molecule has 1 aliphatic carbocycles. The van der Waals surface area contributed by atoms with Crippen molar-refractivity contribution in [3.05, 3.63) is 117 Å². The lowest BCUT2D eigenvalue weighted by molar-refractivity contribution is -0.115. The Hall–Kier alpha value is -4.24. The number of amides is 2. The molecule has 232 valence electrons. The van der Waals surface area contributed by atoms with Crippen LogP contribution in [0.3, 0.4) is 0 Å². The molecular formula is C34H29Cl3N2O6. The van der Waals surface area contributed by atoms with E-state index in [9.17, 15) is 19.5 Å². The van der Waals surface area contributed by atoms with Gasteiger partial charge in [0, 0.05) is 17.7 Å². The Bertz CT molecular complexity index is 1700. The molecule has 1 fully saturated rings. The van der Waals surface area contributed by atoms with Crippen molar-refractivity contribution in [2.45, 2.75) is 44.2 Å². The monoisotopic (exact) mass is 666 g/mol. The van der Waals surface area contributed by atoms with Gasteiger partial charge in [0.05, 0.1) is 38.8 Å². The van der Waals surface area contributed by atoms with Crippen molar-refractivity contribution in [3.8, 4) is 17.2 Å². The first-order valence-electron chi connectivity index (χ1n) is 14.3. The number of carbonyl (C=O) groups excluding carboxylic acids is 2. The highest BCUT2D eigenvalue weighted by atomic mass is 35.5. The summed E-state index contributed by atoms with van der Waals surface area (Å²) in [4.78, 5) is 36.5. The van der Waals surface area contributed by atoms with Crippen molar-refractivity contribution in [1.82, 2.24) is 5.32 Å². The third kappa shape index (κ3) is 8.69. The second kappa shape index (κ2) is 14.7. The number of halogens is 3. The number of aromatic carboxylic acids is 1. The van der Waals surface area contributed by atoms with E-state index in [2.05, 4.69) is 10.6 Å². The number of carboxylic acid groups (broad SMARTS) is 1. The lowest BCUT2D eigenvalue weighted by Gasteiger charge is -2.29. The summed E-state index contributed by atoms with van der Waals surface area (Å²) in [5.41, 5.74) is 1.48. The fraction of sp³-hybridized carbons (Fsp3) is 0.206. The maximum absolute atomic E-state index is 12.6. The van der Waals surface area contributed by atoms with Gasteiger partial charge < -0.3 is 25.2 Å². The lowest BCUT2D eigenvalue weighted by atomic mass is 9.92. The molecule has 0 radical (unpaired) electrons. The molecule has 0 atom stereocenters. The van der Waals surface area contributed by atoms with Gasteiger partial charge >= 0.3 is 5.97 Å². The minimum absolute atomic E-state index is 0.0275. The lowest BCUT2D eigenvalue weighted by Crippen LogP contribution is -2.39. The fourth-order valence-corrected chi connectivity index (χ4v) is 5.53. The number of hydrogen-bond donors (Lipinski definition) is 3. The molecule has 5 rings (SSSR count). The van der Waals surface area contributed by atoms with Crippen LogP contribution in [-0.4, -0.2) is 35.0 Å². The summed E-state index contributed by atoms with van der Waals surface area (Å²) in [6.07, 6.45) is 3.09. The number of hydrogen-bond acceptors (Lipinski definition) is 5. The first kappa shape index (κ1) is 32.2. The van der Waals surface area contributed by atoms with Gasteiger partial charge in [-0.2, -0.15) is 0 Å². The molecular weight excluding hydrogens is 639 g/mol. The standard InChI is InChI=1S/C34H29Cl3N2O6/c35-27-15-7-21(18-28(27)36)33(41)38-22-8-12-24(13-9-22)45-31-16-14-25(19-29(31)37)44-23-10-5-20(6-11-23)17-32(40)39-30-4-2-1-3-26(30)34(42)43/h1-7,10-11,14-16,18-19,22,24H,8-9,12-13,17H2,(H,38,41)(H,39,40)(H,42,43). The van der Waals surface area contributed by atoms with E-state index in [0.29, 0.717) is 37.9 Å². The molecule has 0 saturated heterocycles. The summed E-state index contributed by atoms with van der Waals surface area (Å²) in [5, 5.41) is 16.2. The van der Waals surface area contributed by atoms with E-state index < -0.39 is 5.97 Å². The number of nitrogens with one attached hydrogen (secondary N) is 2. The highest BCUT2D eigenvalue weighted by Crippen LogP contribution is 2.34. The molecule has 1 saturated carbocycles. The molecule has 1 aliphatic rings. The van der Waals surface area contributed by atoms with Crippen LogP contribution in [-0.2, 0) is 11.2 Å². The smallest absolute Gasteiger partial charge is 0.337 e. The Labute approximate surface area is 275 Å². The predicted molar refractivity (Wildman–Crippen MR) is 174 cm³/mol.